The average Bonchev–Trinajstić information content (AvgIpc) is 2.34. The molecule has 0 aromatic heterocycles. The molecular formula is C13H10Cl2FNO. The number of aromatic hydroxyl groups is 1. The lowest BCUT2D eigenvalue weighted by Gasteiger charge is -2.09. The van der Waals surface area contributed by atoms with Crippen molar-refractivity contribution in [2.75, 3.05) is 5.32 Å². The van der Waals surface area contributed by atoms with E-state index in [4.69, 9.17) is 23.2 Å². The molecule has 2 N–H and O–H groups in total. The van der Waals surface area contributed by atoms with Crippen molar-refractivity contribution < 1.29 is 9.50 Å². The molecule has 0 bridgehead atoms. The second-order valence-corrected chi connectivity index (χ2v) is 4.60. The van der Waals surface area contributed by atoms with Gasteiger partial charge in [-0.1, -0.05) is 23.2 Å². The first-order valence-corrected chi connectivity index (χ1v) is 5.98. The Kier molecular flexibility index (Phi) is 3.94. The Morgan fingerprint density at radius 2 is 1.89 bits per heavy atom. The zero-order valence-corrected chi connectivity index (χ0v) is 10.8. The van der Waals surface area contributed by atoms with E-state index < -0.39 is 5.82 Å². The topological polar surface area (TPSA) is 32.3 Å². The maximum atomic E-state index is 13.2. The average molecular weight is 286 g/mol. The molecule has 0 unspecified atom stereocenters. The number of anilines is 1. The lowest BCUT2D eigenvalue weighted by Crippen LogP contribution is -2.00. The summed E-state index contributed by atoms with van der Waals surface area (Å²) in [7, 11) is 0. The standard InChI is InChI=1S/C13H10Cl2FNO/c14-9-1-4-13(18)8(5-9)7-17-10-2-3-11(15)12(16)6-10/h1-6,17-18H,7H2. The van der Waals surface area contributed by atoms with Crippen molar-refractivity contribution in [2.45, 2.75) is 6.54 Å². The van der Waals surface area contributed by atoms with Crippen LogP contribution in [0.5, 0.6) is 5.75 Å². The van der Waals surface area contributed by atoms with Crippen LogP contribution in [0.2, 0.25) is 10.0 Å². The lowest BCUT2D eigenvalue weighted by atomic mass is 10.2. The van der Waals surface area contributed by atoms with Crippen molar-refractivity contribution in [2.24, 2.45) is 0 Å². The fraction of sp³-hybridized carbons (Fsp3) is 0.0769. The second kappa shape index (κ2) is 5.46. The highest BCUT2D eigenvalue weighted by Gasteiger charge is 2.04. The molecule has 2 aromatic carbocycles. The Labute approximate surface area is 114 Å². The largest absolute Gasteiger partial charge is 0.508 e. The minimum absolute atomic E-state index is 0.0751. The molecule has 0 saturated heterocycles. The maximum Gasteiger partial charge on any atom is 0.143 e. The van der Waals surface area contributed by atoms with Gasteiger partial charge in [-0.2, -0.15) is 0 Å². The fourth-order valence-electron chi connectivity index (χ4n) is 1.50. The van der Waals surface area contributed by atoms with Gasteiger partial charge < -0.3 is 10.4 Å². The molecule has 2 nitrogen and oxygen atoms in total. The van der Waals surface area contributed by atoms with Gasteiger partial charge in [0, 0.05) is 22.8 Å². The molecule has 0 fully saturated rings. The molecule has 2 rings (SSSR count). The van der Waals surface area contributed by atoms with Gasteiger partial charge in [0.05, 0.1) is 5.02 Å². The quantitative estimate of drug-likeness (QED) is 0.873. The highest BCUT2D eigenvalue weighted by Crippen LogP contribution is 2.23. The third-order valence-corrected chi connectivity index (χ3v) is 2.99. The number of nitrogens with one attached hydrogen (secondary N) is 1. The molecule has 0 atom stereocenters. The van der Waals surface area contributed by atoms with Crippen LogP contribution in [0.4, 0.5) is 10.1 Å². The summed E-state index contributed by atoms with van der Waals surface area (Å²) in [5.74, 6) is -0.349. The summed E-state index contributed by atoms with van der Waals surface area (Å²) in [5.41, 5.74) is 1.22. The first-order valence-electron chi connectivity index (χ1n) is 5.22. The number of rotatable bonds is 3. The van der Waals surface area contributed by atoms with Crippen molar-refractivity contribution in [3.05, 3.63) is 57.8 Å². The third-order valence-electron chi connectivity index (χ3n) is 2.44. The van der Waals surface area contributed by atoms with Crippen LogP contribution < -0.4 is 5.32 Å². The SMILES string of the molecule is Oc1ccc(Cl)cc1CNc1ccc(Cl)c(F)c1. The normalized spacial score (nSPS) is 10.4. The van der Waals surface area contributed by atoms with Gasteiger partial charge >= 0.3 is 0 Å². The van der Waals surface area contributed by atoms with Crippen LogP contribution in [0, 0.1) is 5.82 Å². The Bertz CT molecular complexity index is 575. The van der Waals surface area contributed by atoms with E-state index in [1.165, 1.54) is 18.2 Å². The number of hydrogen-bond acceptors (Lipinski definition) is 2. The van der Waals surface area contributed by atoms with Crippen LogP contribution in [0.15, 0.2) is 36.4 Å². The van der Waals surface area contributed by atoms with Crippen LogP contribution in [0.25, 0.3) is 0 Å². The predicted octanol–water partition coefficient (Wildman–Crippen LogP) is 4.45. The van der Waals surface area contributed by atoms with E-state index in [9.17, 15) is 9.50 Å². The Hall–Kier alpha value is -1.45. The van der Waals surface area contributed by atoms with Crippen LogP contribution in [0.1, 0.15) is 5.56 Å². The van der Waals surface area contributed by atoms with Gasteiger partial charge in [0.25, 0.3) is 0 Å². The molecule has 18 heavy (non-hydrogen) atoms. The molecule has 0 aliphatic heterocycles. The van der Waals surface area contributed by atoms with Gasteiger partial charge in [-0.05, 0) is 36.4 Å². The van der Waals surface area contributed by atoms with Gasteiger partial charge in [-0.15, -0.1) is 0 Å². The van der Waals surface area contributed by atoms with E-state index in [0.29, 0.717) is 22.8 Å². The molecule has 5 heteroatoms. The monoisotopic (exact) mass is 285 g/mol. The summed E-state index contributed by atoms with van der Waals surface area (Å²) < 4.78 is 13.2. The summed E-state index contributed by atoms with van der Waals surface area (Å²) >= 11 is 11.4. The number of phenols is 1. The molecule has 0 aliphatic rings. The van der Waals surface area contributed by atoms with Gasteiger partial charge in [0.1, 0.15) is 11.6 Å². The Balaban J connectivity index is 2.11. The van der Waals surface area contributed by atoms with Crippen LogP contribution >= 0.6 is 23.2 Å². The maximum absolute atomic E-state index is 13.2. The minimum atomic E-state index is -0.489. The number of phenolic OH excluding ortho intramolecular Hbond substituents is 1. The lowest BCUT2D eigenvalue weighted by molar-refractivity contribution is 0.469. The number of benzene rings is 2. The third kappa shape index (κ3) is 3.06. The molecule has 0 aliphatic carbocycles. The van der Waals surface area contributed by atoms with E-state index in [1.54, 1.807) is 18.2 Å². The summed E-state index contributed by atoms with van der Waals surface area (Å²) in [5, 5.41) is 13.2. The Morgan fingerprint density at radius 1 is 1.11 bits per heavy atom. The molecule has 0 saturated carbocycles. The summed E-state index contributed by atoms with van der Waals surface area (Å²) in [6, 6.07) is 9.19. The molecule has 0 heterocycles. The van der Waals surface area contributed by atoms with Crippen molar-refractivity contribution in [1.82, 2.24) is 0 Å². The van der Waals surface area contributed by atoms with Crippen molar-refractivity contribution >= 4 is 28.9 Å². The highest BCUT2D eigenvalue weighted by molar-refractivity contribution is 6.31. The zero-order valence-electron chi connectivity index (χ0n) is 9.25. The second-order valence-electron chi connectivity index (χ2n) is 3.76. The molecule has 0 spiro atoms. The number of hydrogen-bond donors (Lipinski definition) is 2. The predicted molar refractivity (Wildman–Crippen MR) is 71.9 cm³/mol. The Morgan fingerprint density at radius 3 is 2.61 bits per heavy atom. The molecule has 94 valence electrons. The summed E-state index contributed by atoms with van der Waals surface area (Å²) in [6.07, 6.45) is 0. The fourth-order valence-corrected chi connectivity index (χ4v) is 1.81. The molecular weight excluding hydrogens is 276 g/mol. The molecule has 2 aromatic rings. The van der Waals surface area contributed by atoms with E-state index >= 15 is 0 Å². The van der Waals surface area contributed by atoms with Gasteiger partial charge in [-0.25, -0.2) is 4.39 Å². The van der Waals surface area contributed by atoms with E-state index in [2.05, 4.69) is 5.32 Å². The van der Waals surface area contributed by atoms with Crippen molar-refractivity contribution in [3.8, 4) is 5.75 Å². The van der Waals surface area contributed by atoms with Crippen LogP contribution in [-0.4, -0.2) is 5.11 Å². The number of halogens is 3. The minimum Gasteiger partial charge on any atom is -0.508 e. The van der Waals surface area contributed by atoms with Gasteiger partial charge in [-0.3, -0.25) is 0 Å². The van der Waals surface area contributed by atoms with Crippen molar-refractivity contribution in [1.29, 1.82) is 0 Å². The van der Waals surface area contributed by atoms with Gasteiger partial charge in [0.15, 0.2) is 0 Å². The first-order chi connectivity index (χ1) is 8.56. The van der Waals surface area contributed by atoms with E-state index in [0.717, 1.165) is 0 Å². The van der Waals surface area contributed by atoms with E-state index in [1.807, 2.05) is 0 Å². The first kappa shape index (κ1) is 13.0. The van der Waals surface area contributed by atoms with E-state index in [-0.39, 0.29) is 10.8 Å². The summed E-state index contributed by atoms with van der Waals surface area (Å²) in [4.78, 5) is 0. The molecule has 0 radical (unpaired) electrons. The smallest absolute Gasteiger partial charge is 0.143 e. The van der Waals surface area contributed by atoms with Crippen LogP contribution in [-0.2, 0) is 6.54 Å². The molecule has 0 amide bonds. The van der Waals surface area contributed by atoms with Crippen molar-refractivity contribution in [3.63, 3.8) is 0 Å². The van der Waals surface area contributed by atoms with Gasteiger partial charge in [0.2, 0.25) is 0 Å². The van der Waals surface area contributed by atoms with Crippen LogP contribution in [0.3, 0.4) is 0 Å². The summed E-state index contributed by atoms with van der Waals surface area (Å²) in [6.45, 7) is 0.341. The zero-order chi connectivity index (χ0) is 13.1. The highest BCUT2D eigenvalue weighted by atomic mass is 35.5.